The van der Waals surface area contributed by atoms with Crippen molar-refractivity contribution in [2.75, 3.05) is 7.05 Å². The van der Waals surface area contributed by atoms with Gasteiger partial charge in [-0.1, -0.05) is 0 Å². The minimum atomic E-state index is -0.337. The van der Waals surface area contributed by atoms with E-state index in [9.17, 15) is 4.79 Å². The molecule has 0 atom stereocenters. The van der Waals surface area contributed by atoms with Gasteiger partial charge in [-0.25, -0.2) is 0 Å². The molecular weight excluding hydrogens is 252 g/mol. The summed E-state index contributed by atoms with van der Waals surface area (Å²) in [7, 11) is 1.61. The fraction of sp³-hybridized carbons (Fsp3) is 0.0909. The minimum absolute atomic E-state index is 0.337. The first-order valence-corrected chi connectivity index (χ1v) is 6.02. The lowest BCUT2D eigenvalue weighted by molar-refractivity contribution is -0.114. The van der Waals surface area contributed by atoms with Crippen LogP contribution in [0.2, 0.25) is 0 Å². The molecule has 0 aromatic carbocycles. The van der Waals surface area contributed by atoms with Crippen LogP contribution in [-0.4, -0.2) is 34.5 Å². The Kier molecular flexibility index (Phi) is 2.60. The number of aliphatic imine (C=N–C) groups is 2. The van der Waals surface area contributed by atoms with Crippen LogP contribution in [0.1, 0.15) is 5.76 Å². The van der Waals surface area contributed by atoms with Crippen LogP contribution in [-0.2, 0) is 4.79 Å². The second-order valence-corrected chi connectivity index (χ2v) is 4.28. The summed E-state index contributed by atoms with van der Waals surface area (Å²) in [5, 5.41) is 6.18. The molecule has 90 valence electrons. The van der Waals surface area contributed by atoms with Gasteiger partial charge in [0.15, 0.2) is 11.0 Å². The molecule has 7 heteroatoms. The highest BCUT2D eigenvalue weighted by molar-refractivity contribution is 8.25. The summed E-state index contributed by atoms with van der Waals surface area (Å²) in [5.74, 6) is 0.716. The van der Waals surface area contributed by atoms with Gasteiger partial charge in [0, 0.05) is 7.05 Å². The standard InChI is InChI=1S/C11H8N4O2S/c1-12-9-8(5-7-3-2-4-17-7)10(16)14-11-15(9)13-6-18-11/h2-6H,1H3/b8-5-,12-9?. The molecule has 0 spiro atoms. The molecule has 0 N–H and O–H groups in total. The van der Waals surface area contributed by atoms with Gasteiger partial charge in [0.1, 0.15) is 5.76 Å². The molecule has 0 bridgehead atoms. The lowest BCUT2D eigenvalue weighted by Crippen LogP contribution is -2.36. The zero-order valence-corrected chi connectivity index (χ0v) is 10.2. The van der Waals surface area contributed by atoms with Crippen molar-refractivity contribution in [3.63, 3.8) is 0 Å². The molecule has 6 nitrogen and oxygen atoms in total. The Balaban J connectivity index is 2.09. The van der Waals surface area contributed by atoms with E-state index in [0.29, 0.717) is 22.3 Å². The lowest BCUT2D eigenvalue weighted by atomic mass is 10.1. The Morgan fingerprint density at radius 2 is 2.44 bits per heavy atom. The van der Waals surface area contributed by atoms with E-state index < -0.39 is 0 Å². The van der Waals surface area contributed by atoms with Crippen molar-refractivity contribution in [1.82, 2.24) is 5.01 Å². The van der Waals surface area contributed by atoms with Gasteiger partial charge in [0.2, 0.25) is 0 Å². The van der Waals surface area contributed by atoms with Gasteiger partial charge in [-0.05, 0) is 30.0 Å². The van der Waals surface area contributed by atoms with Crippen molar-refractivity contribution >= 4 is 40.3 Å². The number of hydrogen-bond acceptors (Lipinski definition) is 5. The van der Waals surface area contributed by atoms with Gasteiger partial charge < -0.3 is 4.42 Å². The van der Waals surface area contributed by atoms with Crippen LogP contribution in [0, 0.1) is 0 Å². The molecule has 1 aromatic heterocycles. The van der Waals surface area contributed by atoms with Crippen LogP contribution in [0.3, 0.4) is 0 Å². The Hall–Kier alpha value is -2.15. The van der Waals surface area contributed by atoms with E-state index in [4.69, 9.17) is 4.42 Å². The average molecular weight is 260 g/mol. The van der Waals surface area contributed by atoms with Gasteiger partial charge in [0.05, 0.1) is 17.4 Å². The highest BCUT2D eigenvalue weighted by Crippen LogP contribution is 2.25. The molecule has 0 radical (unpaired) electrons. The van der Waals surface area contributed by atoms with E-state index in [0.717, 1.165) is 0 Å². The van der Waals surface area contributed by atoms with E-state index in [2.05, 4.69) is 15.1 Å². The predicted octanol–water partition coefficient (Wildman–Crippen LogP) is 1.58. The van der Waals surface area contributed by atoms with Gasteiger partial charge >= 0.3 is 0 Å². The second kappa shape index (κ2) is 4.26. The fourth-order valence-electron chi connectivity index (χ4n) is 1.65. The number of amidine groups is 2. The molecule has 2 aliphatic rings. The van der Waals surface area contributed by atoms with E-state index in [1.807, 2.05) is 0 Å². The second-order valence-electron chi connectivity index (χ2n) is 3.47. The first-order chi connectivity index (χ1) is 8.79. The molecule has 0 saturated carbocycles. The van der Waals surface area contributed by atoms with E-state index in [1.54, 1.807) is 42.1 Å². The molecule has 0 fully saturated rings. The Labute approximate surface area is 107 Å². The number of hydrazone groups is 1. The molecule has 3 rings (SSSR count). The summed E-state index contributed by atoms with van der Waals surface area (Å²) < 4.78 is 5.19. The van der Waals surface area contributed by atoms with Crippen LogP contribution < -0.4 is 0 Å². The third kappa shape index (κ3) is 1.68. The molecule has 18 heavy (non-hydrogen) atoms. The minimum Gasteiger partial charge on any atom is -0.465 e. The Morgan fingerprint density at radius 1 is 1.56 bits per heavy atom. The average Bonchev–Trinajstić information content (AvgIpc) is 3.00. The summed E-state index contributed by atoms with van der Waals surface area (Å²) in [6.07, 6.45) is 3.16. The van der Waals surface area contributed by atoms with Crippen molar-refractivity contribution in [1.29, 1.82) is 0 Å². The zero-order chi connectivity index (χ0) is 12.5. The molecule has 3 heterocycles. The van der Waals surface area contributed by atoms with Gasteiger partial charge in [-0.3, -0.25) is 9.79 Å². The van der Waals surface area contributed by atoms with Crippen molar-refractivity contribution in [2.45, 2.75) is 0 Å². The van der Waals surface area contributed by atoms with E-state index >= 15 is 0 Å². The monoisotopic (exact) mass is 260 g/mol. The number of thioether (sulfide) groups is 1. The summed E-state index contributed by atoms with van der Waals surface area (Å²) >= 11 is 1.29. The number of hydrogen-bond donors (Lipinski definition) is 0. The molecule has 0 aliphatic carbocycles. The van der Waals surface area contributed by atoms with E-state index in [-0.39, 0.29) is 5.91 Å². The first-order valence-electron chi connectivity index (χ1n) is 5.14. The maximum Gasteiger partial charge on any atom is 0.283 e. The largest absolute Gasteiger partial charge is 0.465 e. The number of carbonyl (C=O) groups excluding carboxylic acids is 1. The normalized spacial score (nSPS) is 22.8. The van der Waals surface area contributed by atoms with Crippen molar-refractivity contribution in [2.24, 2.45) is 15.1 Å². The number of nitrogens with zero attached hydrogens (tertiary/aromatic N) is 4. The Morgan fingerprint density at radius 3 is 3.17 bits per heavy atom. The number of fused-ring (bicyclic) bond motifs is 1. The van der Waals surface area contributed by atoms with Crippen LogP contribution in [0.4, 0.5) is 0 Å². The van der Waals surface area contributed by atoms with Crippen LogP contribution in [0.15, 0.2) is 43.5 Å². The molecule has 1 amide bonds. The van der Waals surface area contributed by atoms with Crippen molar-refractivity contribution < 1.29 is 9.21 Å². The van der Waals surface area contributed by atoms with Gasteiger partial charge in [-0.2, -0.15) is 15.1 Å². The zero-order valence-electron chi connectivity index (χ0n) is 9.40. The van der Waals surface area contributed by atoms with Crippen LogP contribution >= 0.6 is 11.8 Å². The maximum absolute atomic E-state index is 12.0. The van der Waals surface area contributed by atoms with Crippen molar-refractivity contribution in [3.05, 3.63) is 29.7 Å². The van der Waals surface area contributed by atoms with Crippen molar-refractivity contribution in [3.8, 4) is 0 Å². The quantitative estimate of drug-likeness (QED) is 0.719. The molecular formula is C11H8N4O2S. The number of amides is 1. The first kappa shape index (κ1) is 11.0. The third-order valence-corrected chi connectivity index (χ3v) is 3.09. The fourth-order valence-corrected chi connectivity index (χ4v) is 2.25. The van der Waals surface area contributed by atoms with Crippen LogP contribution in [0.25, 0.3) is 6.08 Å². The number of furan rings is 1. The lowest BCUT2D eigenvalue weighted by Gasteiger charge is -2.21. The SMILES string of the molecule is CN=C1/C(=C/c2ccco2)C(=O)N=C2SC=NN21. The Bertz CT molecular complexity index is 613. The number of carbonyl (C=O) groups is 1. The van der Waals surface area contributed by atoms with Gasteiger partial charge in [0.25, 0.3) is 5.91 Å². The molecule has 0 unspecified atom stereocenters. The topological polar surface area (TPSA) is 70.5 Å². The highest BCUT2D eigenvalue weighted by atomic mass is 32.2. The smallest absolute Gasteiger partial charge is 0.283 e. The summed E-state index contributed by atoms with van der Waals surface area (Å²) in [6.45, 7) is 0. The number of rotatable bonds is 1. The maximum atomic E-state index is 12.0. The van der Waals surface area contributed by atoms with E-state index in [1.165, 1.54) is 11.8 Å². The summed E-state index contributed by atoms with van der Waals surface area (Å²) in [4.78, 5) is 20.0. The van der Waals surface area contributed by atoms with Gasteiger partial charge in [-0.15, -0.1) is 0 Å². The summed E-state index contributed by atoms with van der Waals surface area (Å²) in [5.41, 5.74) is 1.99. The van der Waals surface area contributed by atoms with Crippen LogP contribution in [0.5, 0.6) is 0 Å². The third-order valence-electron chi connectivity index (χ3n) is 2.41. The molecule has 2 aliphatic heterocycles. The highest BCUT2D eigenvalue weighted by Gasteiger charge is 2.33. The molecule has 1 aromatic rings. The predicted molar refractivity (Wildman–Crippen MR) is 70.4 cm³/mol. The summed E-state index contributed by atoms with van der Waals surface area (Å²) in [6, 6.07) is 3.51. The molecule has 0 saturated heterocycles.